The highest BCUT2D eigenvalue weighted by atomic mass is 32.2. The number of aromatic nitrogens is 4. The molecule has 0 bridgehead atoms. The summed E-state index contributed by atoms with van der Waals surface area (Å²) in [6.45, 7) is 2.65. The smallest absolute Gasteiger partial charge is 0.273 e. The highest BCUT2D eigenvalue weighted by molar-refractivity contribution is 7.98. The summed E-state index contributed by atoms with van der Waals surface area (Å²) in [6, 6.07) is 24.3. The molecule has 0 saturated heterocycles. The van der Waals surface area contributed by atoms with Gasteiger partial charge < -0.3 is 14.4 Å². The number of nitrogens with zero attached hydrogens (tertiary/aromatic N) is 5. The Morgan fingerprint density at radius 2 is 1.71 bits per heavy atom. The van der Waals surface area contributed by atoms with Gasteiger partial charge in [-0.15, -0.1) is 21.5 Å². The Balaban J connectivity index is 1.25. The molecule has 0 aliphatic rings. The van der Waals surface area contributed by atoms with Crippen LogP contribution in [0.5, 0.6) is 11.5 Å². The summed E-state index contributed by atoms with van der Waals surface area (Å²) < 4.78 is 12.8. The lowest BCUT2D eigenvalue weighted by Gasteiger charge is -2.16. The van der Waals surface area contributed by atoms with Crippen molar-refractivity contribution >= 4 is 29.0 Å². The number of methoxy groups -OCH3 is 2. The number of benzene rings is 3. The standard InChI is InChI=1S/C32H33N5O3S2/c1-22-10-8-9-13-26(22)37-29(19-23-11-6-5-7-12-23)34-35-32(37)42-21-30-33-25(20-41-30)31(38)36(2)17-16-24-14-15-27(39-3)28(18-24)40-4/h5-15,18,20H,16-17,19,21H2,1-4H3. The van der Waals surface area contributed by atoms with E-state index in [1.54, 1.807) is 37.9 Å². The molecule has 42 heavy (non-hydrogen) atoms. The molecule has 3 aromatic carbocycles. The van der Waals surface area contributed by atoms with Gasteiger partial charge in [-0.2, -0.15) is 0 Å². The van der Waals surface area contributed by atoms with E-state index >= 15 is 0 Å². The first-order chi connectivity index (χ1) is 20.5. The number of thioether (sulfide) groups is 1. The largest absolute Gasteiger partial charge is 0.493 e. The predicted octanol–water partition coefficient (Wildman–Crippen LogP) is 6.25. The number of carbonyl (C=O) groups is 1. The third kappa shape index (κ3) is 6.83. The molecular weight excluding hydrogens is 567 g/mol. The SMILES string of the molecule is COc1ccc(CCN(C)C(=O)c2csc(CSc3nnc(Cc4ccccc4)n3-c3ccccc3C)n2)cc1OC. The zero-order valence-corrected chi connectivity index (χ0v) is 25.7. The van der Waals surface area contributed by atoms with Crippen molar-refractivity contribution in [2.24, 2.45) is 0 Å². The van der Waals surface area contributed by atoms with E-state index in [0.29, 0.717) is 42.3 Å². The summed E-state index contributed by atoms with van der Waals surface area (Å²) in [5.41, 5.74) is 4.89. The third-order valence-electron chi connectivity index (χ3n) is 6.89. The van der Waals surface area contributed by atoms with E-state index in [1.165, 1.54) is 16.9 Å². The van der Waals surface area contributed by atoms with Crippen molar-refractivity contribution in [3.8, 4) is 17.2 Å². The van der Waals surface area contributed by atoms with Crippen LogP contribution in [0, 0.1) is 6.92 Å². The summed E-state index contributed by atoms with van der Waals surface area (Å²) in [7, 11) is 5.03. The molecule has 0 aliphatic carbocycles. The molecule has 0 unspecified atom stereocenters. The van der Waals surface area contributed by atoms with Gasteiger partial charge in [-0.25, -0.2) is 4.98 Å². The number of amides is 1. The Hall–Kier alpha value is -4.15. The summed E-state index contributed by atoms with van der Waals surface area (Å²) in [5.74, 6) is 2.72. The number of carbonyl (C=O) groups excluding carboxylic acids is 1. The van der Waals surface area contributed by atoms with E-state index in [4.69, 9.17) is 9.47 Å². The maximum absolute atomic E-state index is 13.1. The number of aryl methyl sites for hydroxylation is 1. The Kier molecular flexibility index (Phi) is 9.55. The second kappa shape index (κ2) is 13.7. The van der Waals surface area contributed by atoms with Gasteiger partial charge in [0.1, 0.15) is 16.5 Å². The summed E-state index contributed by atoms with van der Waals surface area (Å²) in [4.78, 5) is 19.5. The van der Waals surface area contributed by atoms with Crippen molar-refractivity contribution in [3.05, 3.63) is 111 Å². The lowest BCUT2D eigenvalue weighted by molar-refractivity contribution is 0.0791. The minimum atomic E-state index is -0.101. The molecule has 0 fully saturated rings. The average Bonchev–Trinajstić information content (AvgIpc) is 3.66. The van der Waals surface area contributed by atoms with Crippen LogP contribution in [-0.4, -0.2) is 58.4 Å². The van der Waals surface area contributed by atoms with Crippen LogP contribution >= 0.6 is 23.1 Å². The number of thiazole rings is 1. The van der Waals surface area contributed by atoms with Gasteiger partial charge in [-0.3, -0.25) is 9.36 Å². The molecule has 2 heterocycles. The van der Waals surface area contributed by atoms with E-state index in [0.717, 1.165) is 32.8 Å². The Labute approximate surface area is 254 Å². The molecule has 10 heteroatoms. The van der Waals surface area contributed by atoms with Crippen molar-refractivity contribution in [1.29, 1.82) is 0 Å². The molecule has 2 aromatic heterocycles. The second-order valence-corrected chi connectivity index (χ2v) is 11.6. The number of hydrogen-bond acceptors (Lipinski definition) is 8. The lowest BCUT2D eigenvalue weighted by atomic mass is 10.1. The molecule has 216 valence electrons. The fourth-order valence-electron chi connectivity index (χ4n) is 4.57. The molecule has 0 aliphatic heterocycles. The van der Waals surface area contributed by atoms with Crippen LogP contribution in [0.3, 0.4) is 0 Å². The zero-order valence-electron chi connectivity index (χ0n) is 24.1. The number of ether oxygens (including phenoxy) is 2. The molecule has 5 rings (SSSR count). The van der Waals surface area contributed by atoms with Crippen LogP contribution in [0.25, 0.3) is 5.69 Å². The molecule has 0 spiro atoms. The van der Waals surface area contributed by atoms with Crippen molar-refractivity contribution in [1.82, 2.24) is 24.6 Å². The maximum Gasteiger partial charge on any atom is 0.273 e. The molecular formula is C32H33N5O3S2. The highest BCUT2D eigenvalue weighted by Gasteiger charge is 2.19. The van der Waals surface area contributed by atoms with Crippen LogP contribution in [0.15, 0.2) is 83.3 Å². The molecule has 0 atom stereocenters. The van der Waals surface area contributed by atoms with Gasteiger partial charge in [0.2, 0.25) is 0 Å². The normalized spacial score (nSPS) is 11.0. The first-order valence-electron chi connectivity index (χ1n) is 13.5. The van der Waals surface area contributed by atoms with Crippen LogP contribution in [0.2, 0.25) is 0 Å². The van der Waals surface area contributed by atoms with Gasteiger partial charge in [0.05, 0.1) is 25.7 Å². The van der Waals surface area contributed by atoms with E-state index in [1.807, 2.05) is 53.9 Å². The Morgan fingerprint density at radius 1 is 0.952 bits per heavy atom. The molecule has 1 amide bonds. The molecule has 0 N–H and O–H groups in total. The van der Waals surface area contributed by atoms with Gasteiger partial charge >= 0.3 is 0 Å². The van der Waals surface area contributed by atoms with Crippen molar-refractivity contribution < 1.29 is 14.3 Å². The summed E-state index contributed by atoms with van der Waals surface area (Å²) in [5, 5.41) is 12.6. The van der Waals surface area contributed by atoms with Crippen molar-refractivity contribution in [2.75, 3.05) is 27.8 Å². The van der Waals surface area contributed by atoms with E-state index in [2.05, 4.69) is 50.9 Å². The predicted molar refractivity (Wildman–Crippen MR) is 167 cm³/mol. The highest BCUT2D eigenvalue weighted by Crippen LogP contribution is 2.30. The van der Waals surface area contributed by atoms with Gasteiger partial charge in [0.15, 0.2) is 16.7 Å². The lowest BCUT2D eigenvalue weighted by Crippen LogP contribution is -2.29. The molecule has 0 radical (unpaired) electrons. The maximum atomic E-state index is 13.1. The third-order valence-corrected chi connectivity index (χ3v) is 8.86. The minimum Gasteiger partial charge on any atom is -0.493 e. The number of hydrogen-bond donors (Lipinski definition) is 0. The molecule has 0 saturated carbocycles. The summed E-state index contributed by atoms with van der Waals surface area (Å²) >= 11 is 3.06. The van der Waals surface area contributed by atoms with Gasteiger partial charge in [-0.05, 0) is 48.2 Å². The minimum absolute atomic E-state index is 0.101. The zero-order chi connectivity index (χ0) is 29.5. The quantitative estimate of drug-likeness (QED) is 0.157. The first-order valence-corrected chi connectivity index (χ1v) is 15.4. The van der Waals surface area contributed by atoms with Crippen LogP contribution in [0.1, 0.15) is 38.0 Å². The van der Waals surface area contributed by atoms with Gasteiger partial charge in [0, 0.05) is 25.4 Å². The van der Waals surface area contributed by atoms with Crippen molar-refractivity contribution in [3.63, 3.8) is 0 Å². The fraction of sp³-hybridized carbons (Fsp3) is 0.250. The van der Waals surface area contributed by atoms with Crippen LogP contribution in [-0.2, 0) is 18.6 Å². The van der Waals surface area contributed by atoms with Crippen molar-refractivity contribution in [2.45, 2.75) is 30.7 Å². The van der Waals surface area contributed by atoms with Crippen LogP contribution in [0.4, 0.5) is 0 Å². The second-order valence-electron chi connectivity index (χ2n) is 9.76. The topological polar surface area (TPSA) is 82.4 Å². The average molecular weight is 600 g/mol. The van der Waals surface area contributed by atoms with E-state index < -0.39 is 0 Å². The Bertz CT molecular complexity index is 1650. The van der Waals surface area contributed by atoms with Gasteiger partial charge in [0.25, 0.3) is 5.91 Å². The number of rotatable bonds is 12. The monoisotopic (exact) mass is 599 g/mol. The van der Waals surface area contributed by atoms with Gasteiger partial charge in [-0.1, -0.05) is 66.4 Å². The number of likely N-dealkylation sites (N-methyl/N-ethyl adjacent to an activating group) is 1. The number of para-hydroxylation sites is 1. The van der Waals surface area contributed by atoms with E-state index in [-0.39, 0.29) is 5.91 Å². The Morgan fingerprint density at radius 3 is 2.48 bits per heavy atom. The first kappa shape index (κ1) is 29.3. The van der Waals surface area contributed by atoms with E-state index in [9.17, 15) is 4.79 Å². The fourth-order valence-corrected chi connectivity index (χ4v) is 6.32. The van der Waals surface area contributed by atoms with Crippen LogP contribution < -0.4 is 9.47 Å². The molecule has 5 aromatic rings. The summed E-state index contributed by atoms with van der Waals surface area (Å²) in [6.07, 6.45) is 1.36. The molecule has 8 nitrogen and oxygen atoms in total.